The summed E-state index contributed by atoms with van der Waals surface area (Å²) in [5.74, 6) is -2.40. The zero-order valence-electron chi connectivity index (χ0n) is 11.4. The minimum atomic E-state index is -3.64. The van der Waals surface area contributed by atoms with Crippen molar-refractivity contribution in [1.29, 1.82) is 5.26 Å². The molecule has 1 aromatic rings. The molecular formula is C13H15NO5S2. The molecule has 0 aliphatic carbocycles. The number of hydrogen-bond donors (Lipinski definition) is 1. The van der Waals surface area contributed by atoms with Gasteiger partial charge in [0.15, 0.2) is 9.84 Å². The predicted molar refractivity (Wildman–Crippen MR) is 77.9 cm³/mol. The molecule has 1 aromatic carbocycles. The summed E-state index contributed by atoms with van der Waals surface area (Å²) < 4.78 is 35.8. The maximum Gasteiger partial charge on any atom is 0.307 e. The molecule has 0 spiro atoms. The number of benzene rings is 1. The Kier molecular flexibility index (Phi) is 6.05. The minimum Gasteiger partial charge on any atom is -0.481 e. The van der Waals surface area contributed by atoms with Gasteiger partial charge in [0, 0.05) is 22.3 Å². The fourth-order valence-corrected chi connectivity index (χ4v) is 4.83. The Balaban J connectivity index is 2.71. The molecule has 0 saturated carbocycles. The standard InChI is InChI=1S/C13H15NO5S2/c1-10(13(15)16)9-20(17)5-6-21(18,19)12-4-2-3-11(7-12)8-14/h2-4,7,10H,5-6,9H2,1H3,(H,15,16). The van der Waals surface area contributed by atoms with E-state index in [0.29, 0.717) is 0 Å². The van der Waals surface area contributed by atoms with Crippen LogP contribution in [0.25, 0.3) is 0 Å². The Bertz CT molecular complexity index is 691. The summed E-state index contributed by atoms with van der Waals surface area (Å²) in [5.41, 5.74) is 0.233. The van der Waals surface area contributed by atoms with E-state index in [9.17, 15) is 17.4 Å². The highest BCUT2D eigenvalue weighted by atomic mass is 32.2. The van der Waals surface area contributed by atoms with E-state index in [2.05, 4.69) is 0 Å². The number of nitriles is 1. The number of nitrogens with zero attached hydrogens (tertiary/aromatic N) is 1. The van der Waals surface area contributed by atoms with Crippen LogP contribution in [0, 0.1) is 17.2 Å². The molecule has 0 radical (unpaired) electrons. The fourth-order valence-electron chi connectivity index (χ4n) is 1.51. The van der Waals surface area contributed by atoms with Crippen LogP contribution in [0.4, 0.5) is 0 Å². The van der Waals surface area contributed by atoms with Crippen molar-refractivity contribution in [3.05, 3.63) is 29.8 Å². The van der Waals surface area contributed by atoms with Gasteiger partial charge in [0.2, 0.25) is 0 Å². The maximum atomic E-state index is 12.1. The first-order chi connectivity index (χ1) is 9.76. The summed E-state index contributed by atoms with van der Waals surface area (Å²) >= 11 is 0. The summed E-state index contributed by atoms with van der Waals surface area (Å²) in [6.07, 6.45) is 0. The lowest BCUT2D eigenvalue weighted by Crippen LogP contribution is -2.22. The molecule has 0 fully saturated rings. The summed E-state index contributed by atoms with van der Waals surface area (Å²) in [6.45, 7) is 1.42. The topological polar surface area (TPSA) is 112 Å². The third-order valence-electron chi connectivity index (χ3n) is 2.76. The molecule has 2 unspecified atom stereocenters. The van der Waals surface area contributed by atoms with Gasteiger partial charge in [-0.15, -0.1) is 0 Å². The number of aliphatic carboxylic acids is 1. The second kappa shape index (κ2) is 7.33. The molecule has 1 N–H and O–H groups in total. The number of sulfone groups is 1. The van der Waals surface area contributed by atoms with Crippen LogP contribution in [0.15, 0.2) is 29.2 Å². The van der Waals surface area contributed by atoms with Crippen LogP contribution in [0.1, 0.15) is 12.5 Å². The van der Waals surface area contributed by atoms with Crippen LogP contribution in [0.2, 0.25) is 0 Å². The van der Waals surface area contributed by atoms with Gasteiger partial charge in [0.25, 0.3) is 0 Å². The highest BCUT2D eigenvalue weighted by Gasteiger charge is 2.19. The monoisotopic (exact) mass is 329 g/mol. The Hall–Kier alpha value is -1.72. The second-order valence-electron chi connectivity index (χ2n) is 4.51. The van der Waals surface area contributed by atoms with Gasteiger partial charge in [-0.3, -0.25) is 9.00 Å². The Morgan fingerprint density at radius 2 is 2.14 bits per heavy atom. The van der Waals surface area contributed by atoms with Crippen LogP contribution in [0.5, 0.6) is 0 Å². The number of hydrogen-bond acceptors (Lipinski definition) is 5. The van der Waals surface area contributed by atoms with Crippen molar-refractivity contribution in [3.63, 3.8) is 0 Å². The van der Waals surface area contributed by atoms with E-state index in [0.717, 1.165) is 0 Å². The van der Waals surface area contributed by atoms with Gasteiger partial charge in [-0.05, 0) is 18.2 Å². The Labute approximate surface area is 125 Å². The first-order valence-corrected chi connectivity index (χ1v) is 9.21. The van der Waals surface area contributed by atoms with Gasteiger partial charge in [0.1, 0.15) is 0 Å². The van der Waals surface area contributed by atoms with E-state index in [1.165, 1.54) is 31.2 Å². The minimum absolute atomic E-state index is 0.00448. The average Bonchev–Trinajstić information content (AvgIpc) is 2.45. The van der Waals surface area contributed by atoms with Gasteiger partial charge in [-0.25, -0.2) is 8.42 Å². The van der Waals surface area contributed by atoms with E-state index >= 15 is 0 Å². The molecule has 0 aromatic heterocycles. The summed E-state index contributed by atoms with van der Waals surface area (Å²) in [4.78, 5) is 10.6. The largest absolute Gasteiger partial charge is 0.481 e. The molecule has 2 atom stereocenters. The van der Waals surface area contributed by atoms with Crippen molar-refractivity contribution >= 4 is 26.6 Å². The molecule has 0 heterocycles. The SMILES string of the molecule is CC(CS(=O)CCS(=O)(=O)c1cccc(C#N)c1)C(=O)O. The molecule has 0 aliphatic heterocycles. The first kappa shape index (κ1) is 17.3. The van der Waals surface area contributed by atoms with Gasteiger partial charge >= 0.3 is 5.97 Å². The van der Waals surface area contributed by atoms with Crippen molar-refractivity contribution in [2.24, 2.45) is 5.92 Å². The normalized spacial score (nSPS) is 14.1. The molecular weight excluding hydrogens is 314 g/mol. The molecule has 114 valence electrons. The number of carbonyl (C=O) groups is 1. The van der Waals surface area contributed by atoms with Crippen LogP contribution in [-0.4, -0.2) is 41.0 Å². The molecule has 8 heteroatoms. The van der Waals surface area contributed by atoms with Crippen LogP contribution in [0.3, 0.4) is 0 Å². The van der Waals surface area contributed by atoms with Crippen LogP contribution in [-0.2, 0) is 25.4 Å². The molecule has 0 aliphatic rings. The first-order valence-electron chi connectivity index (χ1n) is 6.07. The zero-order chi connectivity index (χ0) is 16.0. The highest BCUT2D eigenvalue weighted by Crippen LogP contribution is 2.13. The van der Waals surface area contributed by atoms with Crippen molar-refractivity contribution in [1.82, 2.24) is 0 Å². The van der Waals surface area contributed by atoms with Crippen LogP contribution >= 0.6 is 0 Å². The third-order valence-corrected chi connectivity index (χ3v) is 6.26. The van der Waals surface area contributed by atoms with E-state index in [1.807, 2.05) is 6.07 Å². The number of carboxylic acids is 1. The lowest BCUT2D eigenvalue weighted by molar-refractivity contribution is -0.140. The Morgan fingerprint density at radius 1 is 1.48 bits per heavy atom. The number of rotatable bonds is 7. The maximum absolute atomic E-state index is 12.1. The van der Waals surface area contributed by atoms with Gasteiger partial charge in [-0.1, -0.05) is 13.0 Å². The average molecular weight is 329 g/mol. The molecule has 6 nitrogen and oxygen atoms in total. The molecule has 0 bridgehead atoms. The smallest absolute Gasteiger partial charge is 0.307 e. The lowest BCUT2D eigenvalue weighted by atomic mass is 10.2. The van der Waals surface area contributed by atoms with Crippen molar-refractivity contribution < 1.29 is 22.5 Å². The van der Waals surface area contributed by atoms with E-state index < -0.39 is 32.5 Å². The summed E-state index contributed by atoms with van der Waals surface area (Å²) in [5, 5.41) is 17.5. The molecule has 0 amide bonds. The summed E-state index contributed by atoms with van der Waals surface area (Å²) in [6, 6.07) is 7.45. The van der Waals surface area contributed by atoms with Gasteiger partial charge < -0.3 is 5.11 Å². The van der Waals surface area contributed by atoms with Crippen molar-refractivity contribution in [2.45, 2.75) is 11.8 Å². The number of carboxylic acid groups (broad SMARTS) is 1. The Morgan fingerprint density at radius 3 is 2.71 bits per heavy atom. The third kappa shape index (κ3) is 5.28. The predicted octanol–water partition coefficient (Wildman–Crippen LogP) is 0.801. The summed E-state index contributed by atoms with van der Waals surface area (Å²) in [7, 11) is -5.16. The van der Waals surface area contributed by atoms with Gasteiger partial charge in [0.05, 0.1) is 28.2 Å². The van der Waals surface area contributed by atoms with Gasteiger partial charge in [-0.2, -0.15) is 5.26 Å². The van der Waals surface area contributed by atoms with E-state index in [-0.39, 0.29) is 27.7 Å². The fraction of sp³-hybridized carbons (Fsp3) is 0.385. The molecule has 0 saturated heterocycles. The van der Waals surface area contributed by atoms with E-state index in [4.69, 9.17) is 10.4 Å². The zero-order valence-corrected chi connectivity index (χ0v) is 13.0. The van der Waals surface area contributed by atoms with Crippen LogP contribution < -0.4 is 0 Å². The van der Waals surface area contributed by atoms with Crippen molar-refractivity contribution in [2.75, 3.05) is 17.3 Å². The molecule has 21 heavy (non-hydrogen) atoms. The van der Waals surface area contributed by atoms with E-state index in [1.54, 1.807) is 0 Å². The highest BCUT2D eigenvalue weighted by molar-refractivity contribution is 7.93. The second-order valence-corrected chi connectivity index (χ2v) is 8.24. The molecule has 1 rings (SSSR count). The lowest BCUT2D eigenvalue weighted by Gasteiger charge is -2.07. The quantitative estimate of drug-likeness (QED) is 0.792. The van der Waals surface area contributed by atoms with Crippen molar-refractivity contribution in [3.8, 4) is 6.07 Å².